The number of halogens is 1. The first kappa shape index (κ1) is 24.8. The molecule has 0 aliphatic heterocycles. The maximum absolute atomic E-state index is 13.0. The molecule has 1 aromatic heterocycles. The molecule has 0 saturated heterocycles. The largest absolute Gasteiger partial charge is 0.465 e. The summed E-state index contributed by atoms with van der Waals surface area (Å²) in [5.74, 6) is 0.169. The van der Waals surface area contributed by atoms with Crippen LogP contribution in [0.3, 0.4) is 0 Å². The van der Waals surface area contributed by atoms with Gasteiger partial charge in [-0.25, -0.2) is 4.79 Å². The number of carbonyl (C=O) groups excluding carboxylic acids is 2. The predicted molar refractivity (Wildman–Crippen MR) is 130 cm³/mol. The zero-order valence-corrected chi connectivity index (χ0v) is 20.7. The van der Waals surface area contributed by atoms with Crippen LogP contribution in [0.4, 0.5) is 5.69 Å². The number of benzene rings is 2. The Hall–Kier alpha value is -2.88. The van der Waals surface area contributed by atoms with Gasteiger partial charge in [-0.15, -0.1) is 10.2 Å². The zero-order valence-electron chi connectivity index (χ0n) is 19.2. The molecule has 2 aromatic carbocycles. The van der Waals surface area contributed by atoms with Gasteiger partial charge in [-0.2, -0.15) is 0 Å². The maximum atomic E-state index is 13.0. The van der Waals surface area contributed by atoms with Crippen molar-refractivity contribution in [1.29, 1.82) is 0 Å². The summed E-state index contributed by atoms with van der Waals surface area (Å²) in [6.45, 7) is 2.04. The van der Waals surface area contributed by atoms with Crippen molar-refractivity contribution in [1.82, 2.24) is 19.7 Å². The summed E-state index contributed by atoms with van der Waals surface area (Å²) in [4.78, 5) is 28.6. The van der Waals surface area contributed by atoms with Gasteiger partial charge < -0.3 is 9.64 Å². The van der Waals surface area contributed by atoms with Gasteiger partial charge in [-0.1, -0.05) is 35.5 Å². The van der Waals surface area contributed by atoms with Crippen LogP contribution in [-0.2, 0) is 9.53 Å². The minimum absolute atomic E-state index is 0.00663. The van der Waals surface area contributed by atoms with Gasteiger partial charge in [-0.05, 0) is 57.4 Å². The number of anilines is 1. The first-order chi connectivity index (χ1) is 15.7. The lowest BCUT2D eigenvalue weighted by Gasteiger charge is -2.21. The lowest BCUT2D eigenvalue weighted by molar-refractivity contribution is -0.115. The second-order valence-electron chi connectivity index (χ2n) is 7.54. The van der Waals surface area contributed by atoms with Gasteiger partial charge in [0.2, 0.25) is 5.91 Å². The second kappa shape index (κ2) is 10.8. The molecule has 174 valence electrons. The number of ether oxygens (including phenoxy) is 1. The van der Waals surface area contributed by atoms with Crippen molar-refractivity contribution in [3.05, 3.63) is 64.9 Å². The number of methoxy groups -OCH3 is 1. The van der Waals surface area contributed by atoms with Crippen molar-refractivity contribution in [3.63, 3.8) is 0 Å². The van der Waals surface area contributed by atoms with E-state index in [0.29, 0.717) is 21.4 Å². The van der Waals surface area contributed by atoms with E-state index in [1.165, 1.54) is 23.8 Å². The monoisotopic (exact) mass is 487 g/mol. The molecular formula is C23H26ClN5O3S. The fraction of sp³-hybridized carbons (Fsp3) is 0.304. The molecule has 1 heterocycles. The molecule has 1 unspecified atom stereocenters. The van der Waals surface area contributed by atoms with E-state index in [-0.39, 0.29) is 17.7 Å². The van der Waals surface area contributed by atoms with Crippen LogP contribution in [0.15, 0.2) is 53.7 Å². The molecule has 3 aromatic rings. The van der Waals surface area contributed by atoms with E-state index in [9.17, 15) is 9.59 Å². The quantitative estimate of drug-likeness (QED) is 0.349. The average Bonchev–Trinajstić information content (AvgIpc) is 3.25. The Balaban J connectivity index is 1.86. The van der Waals surface area contributed by atoms with Crippen molar-refractivity contribution in [2.45, 2.75) is 18.1 Å². The Labute approximate surface area is 202 Å². The van der Waals surface area contributed by atoms with Crippen LogP contribution in [-0.4, -0.2) is 65.5 Å². The van der Waals surface area contributed by atoms with Crippen LogP contribution >= 0.6 is 23.4 Å². The van der Waals surface area contributed by atoms with E-state index in [0.717, 1.165) is 11.5 Å². The molecule has 0 fully saturated rings. The van der Waals surface area contributed by atoms with Crippen LogP contribution in [0.5, 0.6) is 0 Å². The number of amides is 1. The lowest BCUT2D eigenvalue weighted by Crippen LogP contribution is -2.29. The molecule has 0 saturated carbocycles. The Bertz CT molecular complexity index is 1130. The molecule has 3 rings (SSSR count). The second-order valence-corrected chi connectivity index (χ2v) is 8.92. The topological polar surface area (TPSA) is 80.6 Å². The Morgan fingerprint density at radius 1 is 1.09 bits per heavy atom. The summed E-state index contributed by atoms with van der Waals surface area (Å²) in [7, 11) is 6.88. The minimum atomic E-state index is -0.498. The van der Waals surface area contributed by atoms with Crippen LogP contribution < -0.4 is 4.90 Å². The number of hydrogen-bond donors (Lipinski definition) is 0. The van der Waals surface area contributed by atoms with Gasteiger partial charge in [-0.3, -0.25) is 14.3 Å². The molecule has 0 N–H and O–H groups in total. The molecule has 0 bridgehead atoms. The van der Waals surface area contributed by atoms with Crippen molar-refractivity contribution in [2.75, 3.05) is 38.9 Å². The summed E-state index contributed by atoms with van der Waals surface area (Å²) in [5.41, 5.74) is 1.66. The molecule has 0 aliphatic rings. The highest BCUT2D eigenvalue weighted by Gasteiger charge is 2.23. The SMILES string of the molecule is COC(=O)c1ccccc1N(C)C(=O)CSc1nnc(C(C)N(C)C)n1-c1ccc(Cl)cc1. The van der Waals surface area contributed by atoms with Gasteiger partial charge >= 0.3 is 5.97 Å². The molecule has 0 radical (unpaired) electrons. The Morgan fingerprint density at radius 3 is 2.39 bits per heavy atom. The highest BCUT2D eigenvalue weighted by molar-refractivity contribution is 7.99. The number of rotatable bonds is 8. The number of hydrogen-bond acceptors (Lipinski definition) is 7. The standard InChI is InChI=1S/C23H26ClN5O3S/c1-15(27(2)3)21-25-26-23(29(21)17-12-10-16(24)11-13-17)33-14-20(30)28(4)19-9-7-6-8-18(19)22(31)32-5/h6-13,15H,14H2,1-5H3. The van der Waals surface area contributed by atoms with Gasteiger partial charge in [0.25, 0.3) is 0 Å². The highest BCUT2D eigenvalue weighted by Crippen LogP contribution is 2.28. The zero-order chi connectivity index (χ0) is 24.1. The molecule has 0 spiro atoms. The summed E-state index contributed by atoms with van der Waals surface area (Å²) < 4.78 is 6.77. The van der Waals surface area contributed by atoms with E-state index >= 15 is 0 Å². The number of nitrogens with zero attached hydrogens (tertiary/aromatic N) is 5. The van der Waals surface area contributed by atoms with E-state index in [2.05, 4.69) is 10.2 Å². The number of carbonyl (C=O) groups is 2. The Kier molecular flexibility index (Phi) is 8.12. The van der Waals surface area contributed by atoms with Gasteiger partial charge in [0.1, 0.15) is 0 Å². The van der Waals surface area contributed by atoms with Crippen LogP contribution in [0.2, 0.25) is 5.02 Å². The van der Waals surface area contributed by atoms with Crippen LogP contribution in [0, 0.1) is 0 Å². The predicted octanol–water partition coefficient (Wildman–Crippen LogP) is 4.09. The van der Waals surface area contributed by atoms with Crippen LogP contribution in [0.25, 0.3) is 5.69 Å². The van der Waals surface area contributed by atoms with E-state index < -0.39 is 5.97 Å². The van der Waals surface area contributed by atoms with Gasteiger partial charge in [0, 0.05) is 17.8 Å². The molecule has 10 heteroatoms. The smallest absolute Gasteiger partial charge is 0.339 e. The fourth-order valence-electron chi connectivity index (χ4n) is 3.12. The first-order valence-electron chi connectivity index (χ1n) is 10.2. The molecule has 1 amide bonds. The summed E-state index contributed by atoms with van der Waals surface area (Å²) in [6.07, 6.45) is 0. The summed E-state index contributed by atoms with van der Waals surface area (Å²) in [6, 6.07) is 14.2. The normalized spacial score (nSPS) is 12.0. The number of esters is 1. The summed E-state index contributed by atoms with van der Waals surface area (Å²) >= 11 is 7.35. The van der Waals surface area contributed by atoms with E-state index in [4.69, 9.17) is 16.3 Å². The van der Waals surface area contributed by atoms with Crippen molar-refractivity contribution in [3.8, 4) is 5.69 Å². The number of para-hydroxylation sites is 1. The maximum Gasteiger partial charge on any atom is 0.339 e. The third-order valence-electron chi connectivity index (χ3n) is 5.26. The molecule has 0 aliphatic carbocycles. The average molecular weight is 488 g/mol. The fourth-order valence-corrected chi connectivity index (χ4v) is 4.11. The Morgan fingerprint density at radius 2 is 1.76 bits per heavy atom. The van der Waals surface area contributed by atoms with Gasteiger partial charge in [0.05, 0.1) is 30.2 Å². The van der Waals surface area contributed by atoms with Crippen molar-refractivity contribution in [2.24, 2.45) is 0 Å². The van der Waals surface area contributed by atoms with Crippen molar-refractivity contribution >= 4 is 40.9 Å². The van der Waals surface area contributed by atoms with Gasteiger partial charge in [0.15, 0.2) is 11.0 Å². The van der Waals surface area contributed by atoms with E-state index in [1.54, 1.807) is 43.4 Å². The molecule has 8 nitrogen and oxygen atoms in total. The lowest BCUT2D eigenvalue weighted by atomic mass is 10.1. The number of thioether (sulfide) groups is 1. The number of aromatic nitrogens is 3. The third kappa shape index (κ3) is 5.55. The third-order valence-corrected chi connectivity index (χ3v) is 6.43. The molecule has 1 atom stereocenters. The first-order valence-corrected chi connectivity index (χ1v) is 11.5. The summed E-state index contributed by atoms with van der Waals surface area (Å²) in [5, 5.41) is 9.97. The van der Waals surface area contributed by atoms with E-state index in [1.807, 2.05) is 42.6 Å². The highest BCUT2D eigenvalue weighted by atomic mass is 35.5. The molecule has 33 heavy (non-hydrogen) atoms. The minimum Gasteiger partial charge on any atom is -0.465 e. The molecular weight excluding hydrogens is 462 g/mol. The van der Waals surface area contributed by atoms with Crippen molar-refractivity contribution < 1.29 is 14.3 Å². The van der Waals surface area contributed by atoms with Crippen LogP contribution in [0.1, 0.15) is 29.1 Å².